The Morgan fingerprint density at radius 1 is 1.14 bits per heavy atom. The van der Waals surface area contributed by atoms with Gasteiger partial charge in [-0.15, -0.1) is 0 Å². The lowest BCUT2D eigenvalue weighted by atomic mass is 10.1. The summed E-state index contributed by atoms with van der Waals surface area (Å²) in [4.78, 5) is 6.90. The second-order valence-corrected chi connectivity index (χ2v) is 11.2. The predicted molar refractivity (Wildman–Crippen MR) is 120 cm³/mol. The molecule has 0 aliphatic carbocycles. The van der Waals surface area contributed by atoms with Gasteiger partial charge in [0.2, 0.25) is 0 Å². The van der Waals surface area contributed by atoms with Crippen LogP contribution in [0.2, 0.25) is 10.0 Å². The average molecular weight is 455 g/mol. The molecule has 148 valence electrons. The molecule has 2 aromatic rings. The number of aliphatic imine (C=N–C) groups is 1. The van der Waals surface area contributed by atoms with Crippen LogP contribution in [0.15, 0.2) is 41.4 Å². The van der Waals surface area contributed by atoms with Gasteiger partial charge in [-0.3, -0.25) is 4.99 Å². The Morgan fingerprint density at radius 2 is 1.93 bits per heavy atom. The molecule has 0 unspecified atom stereocenters. The molecule has 28 heavy (non-hydrogen) atoms. The minimum atomic E-state index is -3.06. The molecule has 2 aliphatic heterocycles. The Morgan fingerprint density at radius 3 is 2.64 bits per heavy atom. The maximum absolute atomic E-state index is 12.2. The minimum absolute atomic E-state index is 0.116. The predicted octanol–water partition coefficient (Wildman–Crippen LogP) is 4.89. The fraction of sp³-hybridized carbons (Fsp3) is 0.350. The maximum Gasteiger partial charge on any atom is 0.164 e. The lowest BCUT2D eigenvalue weighted by molar-refractivity contribution is 0.601. The summed E-state index contributed by atoms with van der Waals surface area (Å²) in [6, 6.07) is 11.3. The molecule has 0 spiro atoms. The first kappa shape index (κ1) is 20.1. The number of hydrogen-bond acceptors (Lipinski definition) is 5. The lowest BCUT2D eigenvalue weighted by Crippen LogP contribution is -2.39. The molecule has 2 atom stereocenters. The van der Waals surface area contributed by atoms with Gasteiger partial charge in [-0.1, -0.05) is 58.7 Å². The van der Waals surface area contributed by atoms with E-state index in [9.17, 15) is 8.42 Å². The Labute approximate surface area is 179 Å². The number of rotatable bonds is 3. The van der Waals surface area contributed by atoms with Crippen molar-refractivity contribution in [3.05, 3.63) is 63.1 Å². The van der Waals surface area contributed by atoms with Crippen LogP contribution in [0.3, 0.4) is 0 Å². The van der Waals surface area contributed by atoms with Crippen molar-refractivity contribution >= 4 is 55.7 Å². The molecule has 0 amide bonds. The molecule has 1 saturated heterocycles. The molecule has 0 saturated carbocycles. The van der Waals surface area contributed by atoms with Crippen LogP contribution in [0.4, 0.5) is 5.69 Å². The summed E-state index contributed by atoms with van der Waals surface area (Å²) >= 11 is 13.9. The van der Waals surface area contributed by atoms with Crippen LogP contribution in [0.5, 0.6) is 0 Å². The highest BCUT2D eigenvalue weighted by Gasteiger charge is 2.47. The smallest absolute Gasteiger partial charge is 0.164 e. The van der Waals surface area contributed by atoms with E-state index < -0.39 is 9.84 Å². The van der Waals surface area contributed by atoms with Crippen LogP contribution < -0.4 is 4.90 Å². The molecule has 4 rings (SSSR count). The number of amidine groups is 1. The van der Waals surface area contributed by atoms with Gasteiger partial charge in [0.15, 0.2) is 15.0 Å². The van der Waals surface area contributed by atoms with E-state index in [2.05, 4.69) is 36.9 Å². The standard InChI is InChI=1S/C20H20Cl2N2O2S2/c1-12-3-6-18(13(2)7-12)24-19-11-28(25,26)10-17(19)23-20(24)27-9-14-4-5-15(21)8-16(14)22/h3-8,17,19H,9-11H2,1-2H3/t17-,19-/m1/s1. The van der Waals surface area contributed by atoms with E-state index in [1.807, 2.05) is 12.1 Å². The number of fused-ring (bicyclic) bond motifs is 1. The molecule has 0 radical (unpaired) electrons. The van der Waals surface area contributed by atoms with E-state index in [4.69, 9.17) is 28.2 Å². The van der Waals surface area contributed by atoms with Crippen LogP contribution in [0.1, 0.15) is 16.7 Å². The quantitative estimate of drug-likeness (QED) is 0.662. The molecule has 2 heterocycles. The van der Waals surface area contributed by atoms with Crippen molar-refractivity contribution in [1.82, 2.24) is 0 Å². The third kappa shape index (κ3) is 3.92. The fourth-order valence-corrected chi connectivity index (χ4v) is 7.29. The molecular weight excluding hydrogens is 435 g/mol. The lowest BCUT2D eigenvalue weighted by Gasteiger charge is -2.28. The van der Waals surface area contributed by atoms with Crippen molar-refractivity contribution in [2.45, 2.75) is 31.7 Å². The number of nitrogens with zero attached hydrogens (tertiary/aromatic N) is 2. The van der Waals surface area contributed by atoms with E-state index in [0.717, 1.165) is 22.0 Å². The van der Waals surface area contributed by atoms with Crippen molar-refractivity contribution in [3.8, 4) is 0 Å². The summed E-state index contributed by atoms with van der Waals surface area (Å²) in [6.45, 7) is 4.10. The Kier molecular flexibility index (Phi) is 5.42. The molecule has 0 aromatic heterocycles. The largest absolute Gasteiger partial charge is 0.315 e. The van der Waals surface area contributed by atoms with Gasteiger partial charge in [0.25, 0.3) is 0 Å². The zero-order chi connectivity index (χ0) is 20.1. The first-order valence-corrected chi connectivity index (χ1v) is 12.5. The zero-order valence-corrected chi connectivity index (χ0v) is 18.7. The van der Waals surface area contributed by atoms with E-state index in [-0.39, 0.29) is 23.6 Å². The second-order valence-electron chi connectivity index (χ2n) is 7.31. The number of sulfone groups is 1. The van der Waals surface area contributed by atoms with Crippen LogP contribution >= 0.6 is 35.0 Å². The summed E-state index contributed by atoms with van der Waals surface area (Å²) in [7, 11) is -3.06. The summed E-state index contributed by atoms with van der Waals surface area (Å²) < 4.78 is 24.4. The zero-order valence-electron chi connectivity index (χ0n) is 15.5. The summed E-state index contributed by atoms with van der Waals surface area (Å²) in [5.74, 6) is 0.896. The summed E-state index contributed by atoms with van der Waals surface area (Å²) in [5.41, 5.74) is 4.28. The summed E-state index contributed by atoms with van der Waals surface area (Å²) in [5, 5.41) is 2.08. The molecule has 8 heteroatoms. The Balaban J connectivity index is 1.65. The number of thioether (sulfide) groups is 1. The van der Waals surface area contributed by atoms with E-state index in [1.165, 1.54) is 5.56 Å². The molecule has 0 bridgehead atoms. The maximum atomic E-state index is 12.2. The Bertz CT molecular complexity index is 1070. The molecule has 0 N–H and O–H groups in total. The Hall–Kier alpha value is -1.21. The van der Waals surface area contributed by atoms with Gasteiger partial charge in [0.05, 0.1) is 23.6 Å². The number of halogens is 2. The van der Waals surface area contributed by atoms with Crippen molar-refractivity contribution in [2.75, 3.05) is 16.4 Å². The molecule has 4 nitrogen and oxygen atoms in total. The van der Waals surface area contributed by atoms with Crippen LogP contribution in [-0.2, 0) is 15.6 Å². The first-order chi connectivity index (χ1) is 13.2. The summed E-state index contributed by atoms with van der Waals surface area (Å²) in [6.07, 6.45) is 0. The van der Waals surface area contributed by atoms with E-state index >= 15 is 0 Å². The third-order valence-electron chi connectivity index (χ3n) is 5.09. The highest BCUT2D eigenvalue weighted by molar-refractivity contribution is 8.13. The number of anilines is 1. The van der Waals surface area contributed by atoms with Crippen LogP contribution in [0, 0.1) is 13.8 Å². The normalized spacial score (nSPS) is 23.0. The van der Waals surface area contributed by atoms with Crippen LogP contribution in [-0.4, -0.2) is 37.2 Å². The van der Waals surface area contributed by atoms with Gasteiger partial charge in [-0.05, 0) is 43.2 Å². The monoisotopic (exact) mass is 454 g/mol. The number of hydrogen-bond donors (Lipinski definition) is 0. The van der Waals surface area contributed by atoms with Crippen molar-refractivity contribution in [2.24, 2.45) is 4.99 Å². The average Bonchev–Trinajstić information content (AvgIpc) is 3.06. The second kappa shape index (κ2) is 7.56. The number of aryl methyl sites for hydroxylation is 2. The third-order valence-corrected chi connectivity index (χ3v) is 8.39. The van der Waals surface area contributed by atoms with E-state index in [0.29, 0.717) is 15.8 Å². The number of benzene rings is 2. The van der Waals surface area contributed by atoms with Gasteiger partial charge < -0.3 is 4.90 Å². The van der Waals surface area contributed by atoms with Gasteiger partial charge in [0, 0.05) is 21.5 Å². The van der Waals surface area contributed by atoms with Crippen molar-refractivity contribution < 1.29 is 8.42 Å². The van der Waals surface area contributed by atoms with Gasteiger partial charge in [-0.2, -0.15) is 0 Å². The topological polar surface area (TPSA) is 49.7 Å². The van der Waals surface area contributed by atoms with Crippen LogP contribution in [0.25, 0.3) is 0 Å². The highest BCUT2D eigenvalue weighted by atomic mass is 35.5. The van der Waals surface area contributed by atoms with Crippen molar-refractivity contribution in [3.63, 3.8) is 0 Å². The fourth-order valence-electron chi connectivity index (χ4n) is 3.77. The highest BCUT2D eigenvalue weighted by Crippen LogP contribution is 2.38. The minimum Gasteiger partial charge on any atom is -0.315 e. The molecule has 1 fully saturated rings. The SMILES string of the molecule is Cc1ccc(N2C(SCc3ccc(Cl)cc3Cl)=N[C@@H]3CS(=O)(=O)C[C@H]32)c(C)c1. The van der Waals surface area contributed by atoms with Gasteiger partial charge in [-0.25, -0.2) is 8.42 Å². The van der Waals surface area contributed by atoms with Gasteiger partial charge >= 0.3 is 0 Å². The molecule has 2 aromatic carbocycles. The van der Waals surface area contributed by atoms with E-state index in [1.54, 1.807) is 17.8 Å². The first-order valence-electron chi connectivity index (χ1n) is 8.95. The molecule has 2 aliphatic rings. The molecular formula is C20H20Cl2N2O2S2. The van der Waals surface area contributed by atoms with Gasteiger partial charge in [0.1, 0.15) is 0 Å². The van der Waals surface area contributed by atoms with Crippen molar-refractivity contribution in [1.29, 1.82) is 0 Å².